The summed E-state index contributed by atoms with van der Waals surface area (Å²) in [7, 11) is 1.49. The van der Waals surface area contributed by atoms with Gasteiger partial charge in [0, 0.05) is 7.11 Å². The highest BCUT2D eigenvalue weighted by atomic mass is 16.6. The first kappa shape index (κ1) is 30.6. The summed E-state index contributed by atoms with van der Waals surface area (Å²) in [5.74, 6) is 2.15. The molecule has 6 nitrogen and oxygen atoms in total. The second kappa shape index (κ2) is 17.0. The number of esters is 2. The molecule has 0 aromatic carbocycles. The molecule has 0 aromatic heterocycles. The van der Waals surface area contributed by atoms with E-state index in [1.54, 1.807) is 0 Å². The number of methoxy groups -OCH3 is 1. The minimum atomic E-state index is -0.671. The zero-order chi connectivity index (χ0) is 26.3. The van der Waals surface area contributed by atoms with Gasteiger partial charge in [0.2, 0.25) is 0 Å². The number of aliphatic hydroxyl groups excluding tert-OH is 1. The molecular formula is C30H50O6. The Morgan fingerprint density at radius 1 is 0.861 bits per heavy atom. The lowest BCUT2D eigenvalue weighted by Crippen LogP contribution is -2.29. The third-order valence-electron chi connectivity index (χ3n) is 8.32. The fourth-order valence-electron chi connectivity index (χ4n) is 5.98. The number of hydrogen-bond acceptors (Lipinski definition) is 6. The zero-order valence-electron chi connectivity index (χ0n) is 22.8. The molecule has 0 heterocycles. The standard InChI is InChI=1S/C30H50O6/c1-5-6-7-8-24-9-14-26(15-10-24)27-16-11-25(12-17-27)13-18-28(21-35-29(32)22(2)19-31)36-30(33)23(3)20-34-4/h24-28,31H,2-3,5-21H2,1,4H3. The molecule has 1 N–H and O–H groups in total. The maximum atomic E-state index is 12.3. The van der Waals surface area contributed by atoms with E-state index in [-0.39, 0.29) is 24.4 Å². The maximum Gasteiger partial charge on any atom is 0.336 e. The Balaban J connectivity index is 1.76. The van der Waals surface area contributed by atoms with E-state index in [0.29, 0.717) is 12.3 Å². The molecule has 2 fully saturated rings. The van der Waals surface area contributed by atoms with Crippen LogP contribution in [0.2, 0.25) is 0 Å². The fourth-order valence-corrected chi connectivity index (χ4v) is 5.98. The normalized spacial score (nSPS) is 25.1. The van der Waals surface area contributed by atoms with Crippen molar-refractivity contribution in [3.8, 4) is 0 Å². The molecule has 0 bridgehead atoms. The van der Waals surface area contributed by atoms with Gasteiger partial charge >= 0.3 is 11.9 Å². The van der Waals surface area contributed by atoms with Gasteiger partial charge in [-0.05, 0) is 62.2 Å². The van der Waals surface area contributed by atoms with Crippen LogP contribution in [0.5, 0.6) is 0 Å². The van der Waals surface area contributed by atoms with Crippen LogP contribution in [0.3, 0.4) is 0 Å². The number of carbonyl (C=O) groups is 2. The highest BCUT2D eigenvalue weighted by molar-refractivity contribution is 5.88. The molecule has 1 unspecified atom stereocenters. The Morgan fingerprint density at radius 2 is 1.44 bits per heavy atom. The van der Waals surface area contributed by atoms with Crippen molar-refractivity contribution in [2.75, 3.05) is 26.9 Å². The predicted molar refractivity (Wildman–Crippen MR) is 142 cm³/mol. The van der Waals surface area contributed by atoms with E-state index in [0.717, 1.165) is 24.2 Å². The molecule has 6 heteroatoms. The van der Waals surface area contributed by atoms with E-state index < -0.39 is 24.6 Å². The number of carbonyl (C=O) groups excluding carboxylic acids is 2. The summed E-state index contributed by atoms with van der Waals surface area (Å²) in [6, 6.07) is 0. The largest absolute Gasteiger partial charge is 0.458 e. The Kier molecular flexibility index (Phi) is 14.4. The molecule has 2 rings (SSSR count). The Labute approximate surface area is 218 Å². The number of rotatable bonds is 16. The molecule has 2 aliphatic rings. The van der Waals surface area contributed by atoms with Crippen LogP contribution < -0.4 is 0 Å². The molecule has 1 atom stereocenters. The molecule has 36 heavy (non-hydrogen) atoms. The molecule has 0 amide bonds. The van der Waals surface area contributed by atoms with Gasteiger partial charge in [-0.15, -0.1) is 0 Å². The summed E-state index contributed by atoms with van der Waals surface area (Å²) >= 11 is 0. The second-order valence-corrected chi connectivity index (χ2v) is 11.1. The SMILES string of the molecule is C=C(CO)C(=O)OCC(CCC1CCC(C2CCC(CCCCC)CC2)CC1)OC(=O)C(=C)COC. The molecule has 0 aromatic rings. The maximum absolute atomic E-state index is 12.3. The van der Waals surface area contributed by atoms with Crippen molar-refractivity contribution in [2.45, 2.75) is 103 Å². The number of unbranched alkanes of at least 4 members (excludes halogenated alkanes) is 2. The summed E-state index contributed by atoms with van der Waals surface area (Å²) in [6.07, 6.45) is 17.3. The summed E-state index contributed by atoms with van der Waals surface area (Å²) in [6.45, 7) is 9.05. The van der Waals surface area contributed by atoms with Gasteiger partial charge in [0.25, 0.3) is 0 Å². The lowest BCUT2D eigenvalue weighted by molar-refractivity contribution is -0.155. The molecule has 0 radical (unpaired) electrons. The topological polar surface area (TPSA) is 82.1 Å². The van der Waals surface area contributed by atoms with E-state index >= 15 is 0 Å². The average Bonchev–Trinajstić information content (AvgIpc) is 2.90. The van der Waals surface area contributed by atoms with Crippen LogP contribution >= 0.6 is 0 Å². The van der Waals surface area contributed by atoms with E-state index in [2.05, 4.69) is 20.1 Å². The van der Waals surface area contributed by atoms with E-state index in [9.17, 15) is 9.59 Å². The van der Waals surface area contributed by atoms with Crippen LogP contribution in [0.4, 0.5) is 0 Å². The van der Waals surface area contributed by atoms with Crippen LogP contribution in [0.25, 0.3) is 0 Å². The van der Waals surface area contributed by atoms with Crippen molar-refractivity contribution in [3.63, 3.8) is 0 Å². The number of ether oxygens (including phenoxy) is 3. The Hall–Kier alpha value is -1.66. The average molecular weight is 507 g/mol. The first-order valence-corrected chi connectivity index (χ1v) is 14.2. The fraction of sp³-hybridized carbons (Fsp3) is 0.800. The van der Waals surface area contributed by atoms with Gasteiger partial charge in [-0.3, -0.25) is 0 Å². The third kappa shape index (κ3) is 10.8. The van der Waals surface area contributed by atoms with Gasteiger partial charge in [-0.1, -0.05) is 71.4 Å². The van der Waals surface area contributed by atoms with Gasteiger partial charge in [-0.2, -0.15) is 0 Å². The lowest BCUT2D eigenvalue weighted by Gasteiger charge is -2.38. The van der Waals surface area contributed by atoms with Crippen LogP contribution in [-0.4, -0.2) is 50.1 Å². The Bertz CT molecular complexity index is 686. The number of hydrogen-bond donors (Lipinski definition) is 1. The van der Waals surface area contributed by atoms with Crippen LogP contribution in [-0.2, 0) is 23.8 Å². The zero-order valence-corrected chi connectivity index (χ0v) is 22.8. The summed E-state index contributed by atoms with van der Waals surface area (Å²) in [4.78, 5) is 24.3. The summed E-state index contributed by atoms with van der Waals surface area (Å²) in [5, 5.41) is 9.08. The summed E-state index contributed by atoms with van der Waals surface area (Å²) < 4.78 is 15.8. The van der Waals surface area contributed by atoms with Gasteiger partial charge < -0.3 is 19.3 Å². The molecule has 0 spiro atoms. The van der Waals surface area contributed by atoms with Crippen molar-refractivity contribution < 1.29 is 28.9 Å². The molecule has 2 aliphatic carbocycles. The predicted octanol–water partition coefficient (Wildman–Crippen LogP) is 6.17. The van der Waals surface area contributed by atoms with Crippen molar-refractivity contribution in [3.05, 3.63) is 24.3 Å². The first-order chi connectivity index (χ1) is 17.4. The summed E-state index contributed by atoms with van der Waals surface area (Å²) in [5.41, 5.74) is 0.214. The van der Waals surface area contributed by atoms with Crippen molar-refractivity contribution in [2.24, 2.45) is 23.7 Å². The van der Waals surface area contributed by atoms with Crippen molar-refractivity contribution in [1.29, 1.82) is 0 Å². The van der Waals surface area contributed by atoms with Crippen LogP contribution in [0.1, 0.15) is 96.8 Å². The van der Waals surface area contributed by atoms with Gasteiger partial charge in [0.15, 0.2) is 0 Å². The van der Waals surface area contributed by atoms with Gasteiger partial charge in [0.05, 0.1) is 24.4 Å². The quantitative estimate of drug-likeness (QED) is 0.153. The van der Waals surface area contributed by atoms with Crippen LogP contribution in [0, 0.1) is 23.7 Å². The molecule has 0 saturated heterocycles. The molecule has 206 valence electrons. The van der Waals surface area contributed by atoms with Gasteiger partial charge in [-0.25, -0.2) is 9.59 Å². The third-order valence-corrected chi connectivity index (χ3v) is 8.32. The smallest absolute Gasteiger partial charge is 0.336 e. The van der Waals surface area contributed by atoms with Crippen LogP contribution in [0.15, 0.2) is 24.3 Å². The second-order valence-electron chi connectivity index (χ2n) is 11.1. The highest BCUT2D eigenvalue weighted by Crippen LogP contribution is 2.43. The highest BCUT2D eigenvalue weighted by Gasteiger charge is 2.31. The first-order valence-electron chi connectivity index (χ1n) is 14.2. The molecule has 2 saturated carbocycles. The lowest BCUT2D eigenvalue weighted by atomic mass is 9.68. The van der Waals surface area contributed by atoms with E-state index in [1.165, 1.54) is 84.2 Å². The van der Waals surface area contributed by atoms with E-state index in [4.69, 9.17) is 19.3 Å². The van der Waals surface area contributed by atoms with Crippen molar-refractivity contribution in [1.82, 2.24) is 0 Å². The molecule has 0 aliphatic heterocycles. The minimum Gasteiger partial charge on any atom is -0.458 e. The molecular weight excluding hydrogens is 456 g/mol. The van der Waals surface area contributed by atoms with Crippen molar-refractivity contribution >= 4 is 11.9 Å². The Morgan fingerprint density at radius 3 is 1.97 bits per heavy atom. The number of aliphatic hydroxyl groups is 1. The van der Waals surface area contributed by atoms with E-state index in [1.807, 2.05) is 0 Å². The monoisotopic (exact) mass is 506 g/mol. The van der Waals surface area contributed by atoms with Gasteiger partial charge in [0.1, 0.15) is 12.7 Å². The minimum absolute atomic E-state index is 0.0165.